The summed E-state index contributed by atoms with van der Waals surface area (Å²) in [4.78, 5) is 2.26. The molecule has 0 saturated carbocycles. The second kappa shape index (κ2) is 7.33. The van der Waals surface area contributed by atoms with Crippen LogP contribution in [0.1, 0.15) is 11.1 Å². The Bertz CT molecular complexity index is 566. The van der Waals surface area contributed by atoms with Crippen LogP contribution in [0.5, 0.6) is 0 Å². The maximum Gasteiger partial charge on any atom is 0.0453 e. The first-order valence-corrected chi connectivity index (χ1v) is 7.55. The van der Waals surface area contributed by atoms with Crippen LogP contribution in [0.4, 0.5) is 0 Å². The number of nitrogens with zero attached hydrogens (tertiary/aromatic N) is 1. The van der Waals surface area contributed by atoms with Crippen LogP contribution in [0.2, 0.25) is 15.1 Å². The maximum absolute atomic E-state index is 6.17. The largest absolute Gasteiger partial charge is 0.302 e. The van der Waals surface area contributed by atoms with Gasteiger partial charge in [0.25, 0.3) is 0 Å². The Hall–Kier alpha value is -0.730. The van der Waals surface area contributed by atoms with E-state index in [1.54, 1.807) is 6.07 Å². The fourth-order valence-electron chi connectivity index (χ4n) is 2.02. The van der Waals surface area contributed by atoms with Crippen LogP contribution < -0.4 is 0 Å². The van der Waals surface area contributed by atoms with E-state index >= 15 is 0 Å². The molecule has 2 aromatic rings. The lowest BCUT2D eigenvalue weighted by molar-refractivity contribution is 0.331. The molecule has 0 amide bonds. The van der Waals surface area contributed by atoms with Gasteiger partial charge in [0, 0.05) is 28.2 Å². The molecule has 0 N–H and O–H groups in total. The van der Waals surface area contributed by atoms with Crippen LogP contribution in [-0.4, -0.2) is 18.5 Å². The van der Waals surface area contributed by atoms with Crippen LogP contribution >= 0.6 is 34.8 Å². The molecule has 106 valence electrons. The first-order valence-electron chi connectivity index (χ1n) is 6.41. The van der Waals surface area contributed by atoms with Crippen molar-refractivity contribution in [2.24, 2.45) is 0 Å². The van der Waals surface area contributed by atoms with Gasteiger partial charge in [-0.15, -0.1) is 0 Å². The molecule has 4 heteroatoms. The van der Waals surface area contributed by atoms with Gasteiger partial charge in [0.2, 0.25) is 0 Å². The lowest BCUT2D eigenvalue weighted by atomic mass is 10.1. The molecular weight excluding hydrogens is 313 g/mol. The molecule has 0 bridgehead atoms. The average Bonchev–Trinajstić information content (AvgIpc) is 2.40. The van der Waals surface area contributed by atoms with Gasteiger partial charge >= 0.3 is 0 Å². The lowest BCUT2D eigenvalue weighted by Crippen LogP contribution is -2.20. The summed E-state index contributed by atoms with van der Waals surface area (Å²) < 4.78 is 0. The summed E-state index contributed by atoms with van der Waals surface area (Å²) in [5.74, 6) is 0. The third kappa shape index (κ3) is 4.68. The zero-order valence-corrected chi connectivity index (χ0v) is 13.5. The van der Waals surface area contributed by atoms with E-state index < -0.39 is 0 Å². The second-order valence-electron chi connectivity index (χ2n) is 4.85. The van der Waals surface area contributed by atoms with Crippen LogP contribution in [-0.2, 0) is 13.0 Å². The van der Waals surface area contributed by atoms with Crippen LogP contribution in [0, 0.1) is 0 Å². The minimum Gasteiger partial charge on any atom is -0.302 e. The SMILES string of the molecule is CN(CCc1ccc(Cl)cc1Cl)Cc1ccc(Cl)cc1. The summed E-state index contributed by atoms with van der Waals surface area (Å²) in [6.07, 6.45) is 0.903. The predicted octanol–water partition coefficient (Wildman–Crippen LogP) is 5.32. The van der Waals surface area contributed by atoms with Gasteiger partial charge < -0.3 is 4.90 Å². The summed E-state index contributed by atoms with van der Waals surface area (Å²) in [7, 11) is 2.10. The second-order valence-corrected chi connectivity index (χ2v) is 6.13. The van der Waals surface area contributed by atoms with Gasteiger partial charge in [0.1, 0.15) is 0 Å². The molecule has 0 aliphatic carbocycles. The van der Waals surface area contributed by atoms with Crippen molar-refractivity contribution in [3.05, 3.63) is 68.7 Å². The fourth-order valence-corrected chi connectivity index (χ4v) is 2.65. The number of likely N-dealkylation sites (N-methyl/N-ethyl adjacent to an activating group) is 1. The van der Waals surface area contributed by atoms with Gasteiger partial charge in [-0.25, -0.2) is 0 Å². The first kappa shape index (κ1) is 15.7. The topological polar surface area (TPSA) is 3.24 Å². The Kier molecular flexibility index (Phi) is 5.74. The van der Waals surface area contributed by atoms with Crippen molar-refractivity contribution in [3.8, 4) is 0 Å². The number of halogens is 3. The van der Waals surface area contributed by atoms with Crippen LogP contribution in [0.15, 0.2) is 42.5 Å². The highest BCUT2D eigenvalue weighted by Gasteiger charge is 2.05. The van der Waals surface area contributed by atoms with Crippen molar-refractivity contribution in [3.63, 3.8) is 0 Å². The van der Waals surface area contributed by atoms with E-state index in [1.807, 2.05) is 36.4 Å². The molecule has 0 aromatic heterocycles. The number of benzene rings is 2. The average molecular weight is 329 g/mol. The molecule has 0 fully saturated rings. The van der Waals surface area contributed by atoms with Crippen molar-refractivity contribution < 1.29 is 0 Å². The van der Waals surface area contributed by atoms with E-state index in [9.17, 15) is 0 Å². The van der Waals surface area contributed by atoms with Crippen LogP contribution in [0.3, 0.4) is 0 Å². The molecule has 0 atom stereocenters. The zero-order valence-electron chi connectivity index (χ0n) is 11.2. The van der Waals surface area contributed by atoms with Crippen molar-refractivity contribution >= 4 is 34.8 Å². The molecule has 0 aliphatic rings. The minimum atomic E-state index is 0.674. The number of hydrogen-bond acceptors (Lipinski definition) is 1. The molecule has 0 radical (unpaired) electrons. The predicted molar refractivity (Wildman–Crippen MR) is 88.0 cm³/mol. The minimum absolute atomic E-state index is 0.674. The molecule has 1 nitrogen and oxygen atoms in total. The molecule has 0 aliphatic heterocycles. The molecule has 0 unspecified atom stereocenters. The Morgan fingerprint density at radius 3 is 2.20 bits per heavy atom. The summed E-state index contributed by atoms with van der Waals surface area (Å²) in [5, 5.41) is 2.18. The summed E-state index contributed by atoms with van der Waals surface area (Å²) in [6, 6.07) is 13.6. The quantitative estimate of drug-likeness (QED) is 0.718. The first-order chi connectivity index (χ1) is 9.54. The molecular formula is C16H16Cl3N. The highest BCUT2D eigenvalue weighted by Crippen LogP contribution is 2.21. The number of rotatable bonds is 5. The van der Waals surface area contributed by atoms with E-state index in [1.165, 1.54) is 5.56 Å². The van der Waals surface area contributed by atoms with Gasteiger partial charge in [-0.3, -0.25) is 0 Å². The molecule has 20 heavy (non-hydrogen) atoms. The summed E-state index contributed by atoms with van der Waals surface area (Å²) >= 11 is 17.9. The molecule has 0 heterocycles. The van der Waals surface area contributed by atoms with Gasteiger partial charge in [0.15, 0.2) is 0 Å². The van der Waals surface area contributed by atoms with Gasteiger partial charge in [-0.2, -0.15) is 0 Å². The maximum atomic E-state index is 6.17. The van der Waals surface area contributed by atoms with Crippen molar-refractivity contribution in [2.75, 3.05) is 13.6 Å². The summed E-state index contributed by atoms with van der Waals surface area (Å²) in [6.45, 7) is 1.83. The monoisotopic (exact) mass is 327 g/mol. The van der Waals surface area contributed by atoms with Crippen molar-refractivity contribution in [1.82, 2.24) is 4.90 Å². The Balaban J connectivity index is 1.88. The van der Waals surface area contributed by atoms with E-state index in [4.69, 9.17) is 34.8 Å². The van der Waals surface area contributed by atoms with Gasteiger partial charge in [0.05, 0.1) is 0 Å². The Labute approximate surface area is 135 Å². The number of hydrogen-bond donors (Lipinski definition) is 0. The third-order valence-electron chi connectivity index (χ3n) is 3.14. The van der Waals surface area contributed by atoms with Crippen LogP contribution in [0.25, 0.3) is 0 Å². The highest BCUT2D eigenvalue weighted by molar-refractivity contribution is 6.35. The van der Waals surface area contributed by atoms with Gasteiger partial charge in [-0.05, 0) is 48.9 Å². The molecule has 2 aromatic carbocycles. The van der Waals surface area contributed by atoms with E-state index in [0.29, 0.717) is 5.02 Å². The van der Waals surface area contributed by atoms with E-state index in [2.05, 4.69) is 11.9 Å². The molecule has 0 saturated heterocycles. The Morgan fingerprint density at radius 2 is 1.55 bits per heavy atom. The fraction of sp³-hybridized carbons (Fsp3) is 0.250. The van der Waals surface area contributed by atoms with E-state index in [-0.39, 0.29) is 0 Å². The van der Waals surface area contributed by atoms with Crippen molar-refractivity contribution in [1.29, 1.82) is 0 Å². The third-order valence-corrected chi connectivity index (χ3v) is 3.98. The molecule has 2 rings (SSSR count). The summed E-state index contributed by atoms with van der Waals surface area (Å²) in [5.41, 5.74) is 2.37. The molecule has 0 spiro atoms. The smallest absolute Gasteiger partial charge is 0.0453 e. The normalized spacial score (nSPS) is 11.1. The lowest BCUT2D eigenvalue weighted by Gasteiger charge is -2.17. The van der Waals surface area contributed by atoms with Crippen molar-refractivity contribution in [2.45, 2.75) is 13.0 Å². The standard InChI is InChI=1S/C16H16Cl3N/c1-20(11-12-2-5-14(17)6-3-12)9-8-13-4-7-15(18)10-16(13)19/h2-7,10H,8-9,11H2,1H3. The zero-order chi connectivity index (χ0) is 14.5. The van der Waals surface area contributed by atoms with Gasteiger partial charge in [-0.1, -0.05) is 53.0 Å². The Morgan fingerprint density at radius 1 is 0.900 bits per heavy atom. The van der Waals surface area contributed by atoms with E-state index in [0.717, 1.165) is 35.1 Å². The highest BCUT2D eigenvalue weighted by atomic mass is 35.5.